The van der Waals surface area contributed by atoms with Gasteiger partial charge in [-0.1, -0.05) is 0 Å². The number of guanidine groups is 1. The zero-order chi connectivity index (χ0) is 13.0. The second-order valence-corrected chi connectivity index (χ2v) is 6.01. The van der Waals surface area contributed by atoms with Gasteiger partial charge in [0, 0.05) is 0 Å². The minimum atomic E-state index is -5.29. The first kappa shape index (κ1) is 15.7. The van der Waals surface area contributed by atoms with Crippen molar-refractivity contribution in [3.05, 3.63) is 0 Å². The van der Waals surface area contributed by atoms with E-state index in [2.05, 4.69) is 19.0 Å². The lowest BCUT2D eigenvalue weighted by Crippen LogP contribution is -2.28. The molecule has 0 aromatic rings. The van der Waals surface area contributed by atoms with E-state index in [4.69, 9.17) is 20.1 Å². The second kappa shape index (κ2) is 5.87. The van der Waals surface area contributed by atoms with Gasteiger partial charge in [0.2, 0.25) is 5.96 Å². The Bertz CT molecular complexity index is 372. The third kappa shape index (κ3) is 8.98. The highest BCUT2D eigenvalue weighted by molar-refractivity contribution is 7.64. The molecular weight excluding hydrogens is 291 g/mol. The summed E-state index contributed by atoms with van der Waals surface area (Å²) in [5.74, 6) is -0.773. The van der Waals surface area contributed by atoms with Gasteiger partial charge in [0.25, 0.3) is 0 Å². The Morgan fingerprint density at radius 1 is 1.38 bits per heavy atom. The Labute approximate surface area is 89.0 Å². The maximum Gasteiger partial charge on any atom is 0.488 e. The van der Waals surface area contributed by atoms with Crippen molar-refractivity contribution in [3.8, 4) is 0 Å². The molecule has 96 valence electrons. The number of rotatable bonds is 6. The fourth-order valence-corrected chi connectivity index (χ4v) is 2.97. The summed E-state index contributed by atoms with van der Waals surface area (Å²) < 4.78 is 42.5. The standard InChI is InChI=1S/CH8N3O9P3/c2-1(3)4-11-14(5)12-16(9,10)13-15(6,7)8/h14H,(H,9,10)(H4,2,3,4)(H2,6,7,8). The minimum absolute atomic E-state index is 0.773. The molecule has 0 bridgehead atoms. The number of hydrogen-bond donors (Lipinski definition) is 6. The molecule has 0 saturated heterocycles. The van der Waals surface area contributed by atoms with Crippen LogP contribution in [0.2, 0.25) is 0 Å². The van der Waals surface area contributed by atoms with Gasteiger partial charge in [-0.05, 0) is 0 Å². The van der Waals surface area contributed by atoms with Crippen LogP contribution < -0.4 is 11.2 Å². The molecule has 0 aliphatic carbocycles. The summed E-state index contributed by atoms with van der Waals surface area (Å²) in [7, 11) is -14.2. The van der Waals surface area contributed by atoms with Crippen LogP contribution in [0.3, 0.4) is 0 Å². The van der Waals surface area contributed by atoms with Crippen LogP contribution in [0.1, 0.15) is 0 Å². The maximum atomic E-state index is 10.7. The summed E-state index contributed by atoms with van der Waals surface area (Å²) in [6.07, 6.45) is 0. The van der Waals surface area contributed by atoms with Crippen molar-refractivity contribution in [1.82, 2.24) is 5.48 Å². The molecule has 16 heavy (non-hydrogen) atoms. The summed E-state index contributed by atoms with van der Waals surface area (Å²) in [6, 6.07) is 0. The average molecular weight is 299 g/mol. The molecule has 0 heterocycles. The Morgan fingerprint density at radius 3 is 2.25 bits per heavy atom. The maximum absolute atomic E-state index is 10.7. The Morgan fingerprint density at radius 2 is 1.88 bits per heavy atom. The van der Waals surface area contributed by atoms with E-state index < -0.39 is 29.9 Å². The van der Waals surface area contributed by atoms with Crippen molar-refractivity contribution in [1.29, 1.82) is 5.41 Å². The highest BCUT2D eigenvalue weighted by atomic mass is 31.3. The van der Waals surface area contributed by atoms with Gasteiger partial charge < -0.3 is 20.4 Å². The summed E-state index contributed by atoms with van der Waals surface area (Å²) in [6.45, 7) is 0. The predicted molar refractivity (Wildman–Crippen MR) is 49.2 cm³/mol. The van der Waals surface area contributed by atoms with E-state index in [1.807, 2.05) is 0 Å². The number of phosphoric acid groups is 2. The molecule has 0 fully saturated rings. The van der Waals surface area contributed by atoms with Gasteiger partial charge in [-0.2, -0.15) is 8.94 Å². The Kier molecular flexibility index (Phi) is 5.77. The summed E-state index contributed by atoms with van der Waals surface area (Å²) in [5.41, 5.74) is 6.21. The van der Waals surface area contributed by atoms with E-state index in [-0.39, 0.29) is 0 Å². The molecule has 0 aromatic heterocycles. The van der Waals surface area contributed by atoms with Crippen molar-refractivity contribution in [2.75, 3.05) is 0 Å². The van der Waals surface area contributed by atoms with Gasteiger partial charge in [0.15, 0.2) is 0 Å². The largest absolute Gasteiger partial charge is 0.488 e. The molecule has 0 spiro atoms. The quantitative estimate of drug-likeness (QED) is 0.152. The highest BCUT2D eigenvalue weighted by Gasteiger charge is 2.34. The fourth-order valence-electron chi connectivity index (χ4n) is 0.361. The summed E-state index contributed by atoms with van der Waals surface area (Å²) in [4.78, 5) is 25.0. The number of nitrogens with one attached hydrogen (secondary N) is 2. The zero-order valence-electron chi connectivity index (χ0n) is 7.26. The highest BCUT2D eigenvalue weighted by Crippen LogP contribution is 2.61. The molecule has 2 atom stereocenters. The van der Waals surface area contributed by atoms with Crippen LogP contribution in [-0.4, -0.2) is 20.6 Å². The van der Waals surface area contributed by atoms with Gasteiger partial charge in [0.05, 0.1) is 0 Å². The molecular formula is CH8N3O9P3. The Hall–Kier alpha value is -0.280. The Balaban J connectivity index is 4.27. The molecule has 0 aromatic carbocycles. The van der Waals surface area contributed by atoms with Gasteiger partial charge in [-0.25, -0.2) is 18.9 Å². The van der Waals surface area contributed by atoms with Crippen molar-refractivity contribution in [3.63, 3.8) is 0 Å². The molecule has 0 radical (unpaired) electrons. The van der Waals surface area contributed by atoms with Crippen LogP contribution in [-0.2, 0) is 26.9 Å². The monoisotopic (exact) mass is 299 g/mol. The van der Waals surface area contributed by atoms with Crippen molar-refractivity contribution in [2.45, 2.75) is 0 Å². The topological polar surface area (TPSA) is 201 Å². The van der Waals surface area contributed by atoms with Crippen LogP contribution in [0.5, 0.6) is 0 Å². The van der Waals surface area contributed by atoms with Gasteiger partial charge in [-0.3, -0.25) is 9.97 Å². The van der Waals surface area contributed by atoms with E-state index in [0.29, 0.717) is 0 Å². The van der Waals surface area contributed by atoms with Crippen molar-refractivity contribution in [2.24, 2.45) is 5.73 Å². The van der Waals surface area contributed by atoms with Crippen molar-refractivity contribution < 1.29 is 41.6 Å². The number of nitrogens with two attached hydrogens (primary N) is 1. The van der Waals surface area contributed by atoms with Crippen LogP contribution in [0, 0.1) is 5.41 Å². The zero-order valence-corrected chi connectivity index (χ0v) is 10.1. The smallest absolute Gasteiger partial charge is 0.368 e. The average Bonchev–Trinajstić information content (AvgIpc) is 1.94. The number of hydroxylamine groups is 1. The lowest BCUT2D eigenvalue weighted by molar-refractivity contribution is 0.201. The molecule has 0 amide bonds. The normalized spacial score (nSPS) is 17.4. The van der Waals surface area contributed by atoms with E-state index in [1.54, 1.807) is 0 Å². The third-order valence-corrected chi connectivity index (χ3v) is 4.11. The molecule has 2 unspecified atom stereocenters. The van der Waals surface area contributed by atoms with E-state index in [1.165, 1.54) is 5.48 Å². The first-order valence-electron chi connectivity index (χ1n) is 3.12. The number of hydrogen-bond acceptors (Lipinski definition) is 7. The molecule has 12 nitrogen and oxygen atoms in total. The predicted octanol–water partition coefficient (Wildman–Crippen LogP) is -0.983. The summed E-state index contributed by atoms with van der Waals surface area (Å²) in [5, 5.41) is 6.54. The van der Waals surface area contributed by atoms with Gasteiger partial charge in [0.1, 0.15) is 0 Å². The SMILES string of the molecule is N=C(N)NO[PH](=O)OP(=O)(O)OP(=O)(O)O. The van der Waals surface area contributed by atoms with Crippen LogP contribution in [0.25, 0.3) is 0 Å². The second-order valence-electron chi connectivity index (χ2n) is 2.00. The van der Waals surface area contributed by atoms with Crippen LogP contribution >= 0.6 is 23.9 Å². The first-order chi connectivity index (χ1) is 7.02. The lowest BCUT2D eigenvalue weighted by Gasteiger charge is -2.11. The van der Waals surface area contributed by atoms with Gasteiger partial charge in [-0.15, -0.1) is 0 Å². The lowest BCUT2D eigenvalue weighted by atomic mass is 11.1. The molecule has 0 aliphatic rings. The van der Waals surface area contributed by atoms with E-state index in [0.717, 1.165) is 0 Å². The van der Waals surface area contributed by atoms with E-state index in [9.17, 15) is 13.7 Å². The van der Waals surface area contributed by atoms with Crippen LogP contribution in [0.15, 0.2) is 0 Å². The van der Waals surface area contributed by atoms with Crippen LogP contribution in [0.4, 0.5) is 0 Å². The molecule has 15 heteroatoms. The van der Waals surface area contributed by atoms with Gasteiger partial charge >= 0.3 is 23.9 Å². The molecule has 0 aliphatic heterocycles. The molecule has 0 rings (SSSR count). The fraction of sp³-hybridized carbons (Fsp3) is 0. The molecule has 0 saturated carbocycles. The van der Waals surface area contributed by atoms with E-state index >= 15 is 0 Å². The minimum Gasteiger partial charge on any atom is -0.368 e. The summed E-state index contributed by atoms with van der Waals surface area (Å²) >= 11 is 0. The molecule has 7 N–H and O–H groups in total. The van der Waals surface area contributed by atoms with Crippen molar-refractivity contribution >= 4 is 29.9 Å². The third-order valence-electron chi connectivity index (χ3n) is 0.644. The first-order valence-corrected chi connectivity index (χ1v) is 7.37.